The Kier molecular flexibility index (Phi) is 3.37. The van der Waals surface area contributed by atoms with Crippen LogP contribution in [0.1, 0.15) is 35.6 Å². The van der Waals surface area contributed by atoms with Gasteiger partial charge in [0.1, 0.15) is 5.76 Å². The van der Waals surface area contributed by atoms with Gasteiger partial charge in [0, 0.05) is 11.3 Å². The van der Waals surface area contributed by atoms with Gasteiger partial charge in [-0.2, -0.15) is 24.5 Å². The average molecular weight is 337 g/mol. The van der Waals surface area contributed by atoms with Gasteiger partial charge in [0.15, 0.2) is 0 Å². The minimum absolute atomic E-state index is 0.0270. The van der Waals surface area contributed by atoms with E-state index < -0.39 is 11.7 Å². The van der Waals surface area contributed by atoms with Crippen molar-refractivity contribution in [3.8, 4) is 0 Å². The van der Waals surface area contributed by atoms with E-state index in [-0.39, 0.29) is 6.04 Å². The zero-order valence-corrected chi connectivity index (χ0v) is 12.9. The molecular weight excluding hydrogens is 323 g/mol. The van der Waals surface area contributed by atoms with E-state index in [1.54, 1.807) is 11.3 Å². The van der Waals surface area contributed by atoms with Crippen LogP contribution >= 0.6 is 11.3 Å². The van der Waals surface area contributed by atoms with E-state index in [0.717, 1.165) is 30.0 Å². The number of hydrogen-bond acceptors (Lipinski definition) is 3. The predicted octanol–water partition coefficient (Wildman–Crippen LogP) is 5.46. The van der Waals surface area contributed by atoms with Gasteiger partial charge in [0.25, 0.3) is 0 Å². The van der Waals surface area contributed by atoms with E-state index in [9.17, 15) is 13.2 Å². The molecule has 0 bridgehead atoms. The molecule has 3 heterocycles. The number of ether oxygens (including phenoxy) is 1. The third kappa shape index (κ3) is 2.51. The molecule has 1 atom stereocenters. The smallest absolute Gasteiger partial charge is 0.416 e. The van der Waals surface area contributed by atoms with Crippen LogP contribution in [0.3, 0.4) is 0 Å². The highest BCUT2D eigenvalue weighted by molar-refractivity contribution is 7.08. The average Bonchev–Trinajstić information content (AvgIpc) is 3.07. The summed E-state index contributed by atoms with van der Waals surface area (Å²) in [7, 11) is 0. The van der Waals surface area contributed by atoms with Gasteiger partial charge in [-0.1, -0.05) is 0 Å². The molecule has 6 heteroatoms. The Labute approximate surface area is 135 Å². The summed E-state index contributed by atoms with van der Waals surface area (Å²) in [5.74, 6) is 0.618. The molecule has 1 aromatic carbocycles. The first-order valence-electron chi connectivity index (χ1n) is 7.40. The van der Waals surface area contributed by atoms with E-state index in [1.807, 2.05) is 11.4 Å². The van der Waals surface area contributed by atoms with Gasteiger partial charge in [0.05, 0.1) is 18.2 Å². The van der Waals surface area contributed by atoms with Crippen LogP contribution < -0.4 is 5.32 Å². The van der Waals surface area contributed by atoms with E-state index >= 15 is 0 Å². The van der Waals surface area contributed by atoms with Crippen molar-refractivity contribution < 1.29 is 17.9 Å². The Hall–Kier alpha value is -1.95. The van der Waals surface area contributed by atoms with Gasteiger partial charge in [-0.3, -0.25) is 0 Å². The monoisotopic (exact) mass is 337 g/mol. The van der Waals surface area contributed by atoms with Crippen molar-refractivity contribution in [3.05, 3.63) is 57.3 Å². The van der Waals surface area contributed by atoms with E-state index in [1.165, 1.54) is 12.1 Å². The van der Waals surface area contributed by atoms with Gasteiger partial charge in [0.2, 0.25) is 0 Å². The molecule has 0 aliphatic carbocycles. The molecule has 0 unspecified atom stereocenters. The molecule has 2 aliphatic heterocycles. The zero-order chi connectivity index (χ0) is 16.0. The zero-order valence-electron chi connectivity index (χ0n) is 12.1. The minimum Gasteiger partial charge on any atom is -0.493 e. The normalized spacial score (nSPS) is 20.4. The molecule has 4 rings (SSSR count). The second-order valence-corrected chi connectivity index (χ2v) is 6.48. The maximum Gasteiger partial charge on any atom is 0.416 e. The number of fused-ring (bicyclic) bond motifs is 2. The lowest BCUT2D eigenvalue weighted by atomic mass is 9.87. The number of nitrogens with one attached hydrogen (secondary N) is 1. The second-order valence-electron chi connectivity index (χ2n) is 5.70. The highest BCUT2D eigenvalue weighted by Gasteiger charge is 2.35. The number of anilines is 1. The summed E-state index contributed by atoms with van der Waals surface area (Å²) >= 11 is 1.61. The lowest BCUT2D eigenvalue weighted by Gasteiger charge is -2.34. The Morgan fingerprint density at radius 3 is 2.83 bits per heavy atom. The molecule has 2 aromatic rings. The van der Waals surface area contributed by atoms with Gasteiger partial charge in [-0.25, -0.2) is 0 Å². The molecular formula is C17H14F3NOS. The lowest BCUT2D eigenvalue weighted by Crippen LogP contribution is -2.24. The van der Waals surface area contributed by atoms with Crippen LogP contribution in [-0.2, 0) is 10.9 Å². The first kappa shape index (κ1) is 14.6. The number of benzene rings is 1. The highest BCUT2D eigenvalue weighted by atomic mass is 32.1. The van der Waals surface area contributed by atoms with E-state index in [4.69, 9.17) is 4.74 Å². The highest BCUT2D eigenvalue weighted by Crippen LogP contribution is 2.46. The maximum atomic E-state index is 13.0. The van der Waals surface area contributed by atoms with Crippen LogP contribution in [0.25, 0.3) is 5.76 Å². The van der Waals surface area contributed by atoms with Crippen molar-refractivity contribution in [1.82, 2.24) is 0 Å². The molecule has 0 amide bonds. The fourth-order valence-electron chi connectivity index (χ4n) is 3.17. The number of thiophene rings is 1. The van der Waals surface area contributed by atoms with Crippen molar-refractivity contribution in [2.45, 2.75) is 25.1 Å². The largest absolute Gasteiger partial charge is 0.493 e. The molecule has 0 saturated carbocycles. The van der Waals surface area contributed by atoms with Crippen LogP contribution in [-0.4, -0.2) is 6.61 Å². The van der Waals surface area contributed by atoms with E-state index in [2.05, 4.69) is 10.7 Å². The van der Waals surface area contributed by atoms with Gasteiger partial charge in [-0.05, 0) is 59.0 Å². The maximum absolute atomic E-state index is 13.0. The van der Waals surface area contributed by atoms with Crippen LogP contribution in [0.15, 0.2) is 40.6 Å². The van der Waals surface area contributed by atoms with E-state index in [0.29, 0.717) is 23.6 Å². The number of alkyl halides is 3. The van der Waals surface area contributed by atoms with Gasteiger partial charge in [-0.15, -0.1) is 0 Å². The standard InChI is InChI=1S/C17H14F3NOS/c18-17(19,20)11-3-4-14-13(8-11)16-12(2-1-6-22-16)15(21-14)10-5-7-23-9-10/h3-5,7-9,15,21H,1-2,6H2/t15-/m0/s1. The SMILES string of the molecule is FC(F)(F)c1ccc2c(c1)C1=C(CCCO1)[C@H](c1ccsc1)N2. The Bertz CT molecular complexity index is 765. The van der Waals surface area contributed by atoms with Crippen LogP contribution in [0.2, 0.25) is 0 Å². The molecule has 0 saturated heterocycles. The Morgan fingerprint density at radius 2 is 2.09 bits per heavy atom. The van der Waals surface area contributed by atoms with Crippen molar-refractivity contribution in [2.75, 3.05) is 11.9 Å². The Balaban J connectivity index is 1.85. The first-order chi connectivity index (χ1) is 11.0. The van der Waals surface area contributed by atoms with Gasteiger partial charge < -0.3 is 10.1 Å². The molecule has 2 aliphatic rings. The predicted molar refractivity (Wildman–Crippen MR) is 84.2 cm³/mol. The van der Waals surface area contributed by atoms with Crippen molar-refractivity contribution in [2.24, 2.45) is 0 Å². The minimum atomic E-state index is -4.35. The molecule has 23 heavy (non-hydrogen) atoms. The van der Waals surface area contributed by atoms with Crippen molar-refractivity contribution >= 4 is 22.8 Å². The van der Waals surface area contributed by atoms with Gasteiger partial charge >= 0.3 is 6.18 Å². The molecule has 1 aromatic heterocycles. The number of halogens is 3. The second kappa shape index (κ2) is 5.30. The van der Waals surface area contributed by atoms with Crippen molar-refractivity contribution in [1.29, 1.82) is 0 Å². The third-order valence-corrected chi connectivity index (χ3v) is 4.95. The first-order valence-corrected chi connectivity index (χ1v) is 8.34. The summed E-state index contributed by atoms with van der Waals surface area (Å²) in [6.07, 6.45) is -2.64. The summed E-state index contributed by atoms with van der Waals surface area (Å²) in [5, 5.41) is 7.44. The fraction of sp³-hybridized carbons (Fsp3) is 0.294. The van der Waals surface area contributed by atoms with Crippen LogP contribution in [0.4, 0.5) is 18.9 Å². The third-order valence-electron chi connectivity index (χ3n) is 4.24. The molecule has 2 nitrogen and oxygen atoms in total. The quantitative estimate of drug-likeness (QED) is 0.746. The lowest BCUT2D eigenvalue weighted by molar-refractivity contribution is -0.137. The molecule has 0 radical (unpaired) electrons. The fourth-order valence-corrected chi connectivity index (χ4v) is 3.86. The summed E-state index contributed by atoms with van der Waals surface area (Å²) in [6, 6.07) is 5.81. The summed E-state index contributed by atoms with van der Waals surface area (Å²) in [6.45, 7) is 0.547. The molecule has 120 valence electrons. The van der Waals surface area contributed by atoms with Crippen LogP contribution in [0.5, 0.6) is 0 Å². The molecule has 1 N–H and O–H groups in total. The van der Waals surface area contributed by atoms with Crippen molar-refractivity contribution in [3.63, 3.8) is 0 Å². The molecule has 0 fully saturated rings. The van der Waals surface area contributed by atoms with Crippen LogP contribution in [0, 0.1) is 0 Å². The number of hydrogen-bond donors (Lipinski definition) is 1. The number of rotatable bonds is 1. The summed E-state index contributed by atoms with van der Waals surface area (Å²) < 4.78 is 44.8. The Morgan fingerprint density at radius 1 is 1.22 bits per heavy atom. The summed E-state index contributed by atoms with van der Waals surface area (Å²) in [4.78, 5) is 0. The molecule has 0 spiro atoms. The topological polar surface area (TPSA) is 21.3 Å². The summed E-state index contributed by atoms with van der Waals surface area (Å²) in [5.41, 5.74) is 2.73.